The van der Waals surface area contributed by atoms with E-state index in [0.29, 0.717) is 12.1 Å². The maximum atomic E-state index is 5.64. The summed E-state index contributed by atoms with van der Waals surface area (Å²) in [7, 11) is 2.06. The number of hydrogen-bond donors (Lipinski definition) is 2. The highest BCUT2D eigenvalue weighted by Gasteiger charge is 2.18. The van der Waals surface area contributed by atoms with Crippen LogP contribution in [0.1, 0.15) is 37.5 Å². The van der Waals surface area contributed by atoms with E-state index in [0.717, 1.165) is 12.4 Å². The van der Waals surface area contributed by atoms with Gasteiger partial charge in [0.25, 0.3) is 0 Å². The molecule has 3 N–H and O–H groups in total. The van der Waals surface area contributed by atoms with E-state index in [2.05, 4.69) is 41.8 Å². The SMILES string of the molecule is CC(Cc1cccs1)N(C)C(=NC1CCCC1)NN. The zero-order valence-corrected chi connectivity index (χ0v) is 12.6. The average molecular weight is 280 g/mol. The Morgan fingerprint density at radius 3 is 2.89 bits per heavy atom. The second-order valence-electron chi connectivity index (χ2n) is 5.28. The van der Waals surface area contributed by atoms with E-state index < -0.39 is 0 Å². The summed E-state index contributed by atoms with van der Waals surface area (Å²) in [5.74, 6) is 6.46. The van der Waals surface area contributed by atoms with Gasteiger partial charge in [-0.25, -0.2) is 10.8 Å². The highest BCUT2D eigenvalue weighted by Crippen LogP contribution is 2.21. The highest BCUT2D eigenvalue weighted by atomic mass is 32.1. The summed E-state index contributed by atoms with van der Waals surface area (Å²) in [6.07, 6.45) is 6.00. The van der Waals surface area contributed by atoms with Gasteiger partial charge in [0.2, 0.25) is 5.96 Å². The first-order valence-electron chi connectivity index (χ1n) is 7.00. The molecule has 0 saturated heterocycles. The number of nitrogens with zero attached hydrogens (tertiary/aromatic N) is 2. The van der Waals surface area contributed by atoms with Gasteiger partial charge in [-0.05, 0) is 31.2 Å². The van der Waals surface area contributed by atoms with Crippen LogP contribution in [0.15, 0.2) is 22.5 Å². The molecule has 1 atom stereocenters. The number of guanidine groups is 1. The van der Waals surface area contributed by atoms with Crippen molar-refractivity contribution in [3.63, 3.8) is 0 Å². The maximum Gasteiger partial charge on any atom is 0.208 e. The first-order valence-corrected chi connectivity index (χ1v) is 7.88. The number of nitrogens with two attached hydrogens (primary N) is 1. The molecule has 2 rings (SSSR count). The Hall–Kier alpha value is -1.07. The van der Waals surface area contributed by atoms with Crippen molar-refractivity contribution in [2.24, 2.45) is 10.8 Å². The Bertz CT molecular complexity index is 396. The molecule has 0 bridgehead atoms. The molecule has 4 nitrogen and oxygen atoms in total. The summed E-state index contributed by atoms with van der Waals surface area (Å²) in [5, 5.41) is 2.12. The van der Waals surface area contributed by atoms with Crippen LogP contribution >= 0.6 is 11.3 Å². The molecule has 19 heavy (non-hydrogen) atoms. The van der Waals surface area contributed by atoms with Gasteiger partial charge in [0.05, 0.1) is 6.04 Å². The number of likely N-dealkylation sites (N-methyl/N-ethyl adjacent to an activating group) is 1. The number of hydrogen-bond acceptors (Lipinski definition) is 3. The summed E-state index contributed by atoms with van der Waals surface area (Å²) in [5.41, 5.74) is 2.77. The molecular weight excluding hydrogens is 256 g/mol. The van der Waals surface area contributed by atoms with Crippen molar-refractivity contribution in [1.82, 2.24) is 10.3 Å². The fraction of sp³-hybridized carbons (Fsp3) is 0.643. The van der Waals surface area contributed by atoms with Gasteiger partial charge in [0, 0.05) is 24.4 Å². The van der Waals surface area contributed by atoms with Crippen molar-refractivity contribution in [3.05, 3.63) is 22.4 Å². The fourth-order valence-electron chi connectivity index (χ4n) is 2.50. The maximum absolute atomic E-state index is 5.64. The van der Waals surface area contributed by atoms with Crippen LogP contribution in [0.5, 0.6) is 0 Å². The number of nitrogens with one attached hydrogen (secondary N) is 1. The lowest BCUT2D eigenvalue weighted by molar-refractivity contribution is 0.373. The Kier molecular flexibility index (Phi) is 5.22. The van der Waals surface area contributed by atoms with Gasteiger partial charge in [-0.15, -0.1) is 11.3 Å². The van der Waals surface area contributed by atoms with Crippen LogP contribution in [0.2, 0.25) is 0 Å². The molecule has 0 amide bonds. The number of hydrazine groups is 1. The highest BCUT2D eigenvalue weighted by molar-refractivity contribution is 7.09. The Balaban J connectivity index is 1.96. The first-order chi connectivity index (χ1) is 9.20. The van der Waals surface area contributed by atoms with E-state index in [1.54, 1.807) is 11.3 Å². The van der Waals surface area contributed by atoms with E-state index in [9.17, 15) is 0 Å². The van der Waals surface area contributed by atoms with Crippen LogP contribution in [0, 0.1) is 0 Å². The summed E-state index contributed by atoms with van der Waals surface area (Å²) < 4.78 is 0. The molecule has 1 aromatic heterocycles. The molecule has 106 valence electrons. The topological polar surface area (TPSA) is 53.6 Å². The van der Waals surface area contributed by atoms with E-state index in [-0.39, 0.29) is 0 Å². The predicted octanol–water partition coefficient (Wildman–Crippen LogP) is 2.37. The van der Waals surface area contributed by atoms with Crippen molar-refractivity contribution in [1.29, 1.82) is 0 Å². The third kappa shape index (κ3) is 3.94. The molecule has 1 fully saturated rings. The van der Waals surface area contributed by atoms with Gasteiger partial charge in [0.15, 0.2) is 0 Å². The predicted molar refractivity (Wildman–Crippen MR) is 82.3 cm³/mol. The molecule has 5 heteroatoms. The number of rotatable bonds is 4. The van der Waals surface area contributed by atoms with Crippen LogP contribution in [0.25, 0.3) is 0 Å². The Morgan fingerprint density at radius 2 is 2.32 bits per heavy atom. The molecule has 1 aliphatic rings. The molecular formula is C14H24N4S. The zero-order valence-electron chi connectivity index (χ0n) is 11.8. The summed E-state index contributed by atoms with van der Waals surface area (Å²) in [6.45, 7) is 2.21. The molecule has 1 saturated carbocycles. The summed E-state index contributed by atoms with van der Waals surface area (Å²) >= 11 is 1.80. The minimum Gasteiger partial charge on any atom is -0.342 e. The standard InChI is InChI=1S/C14H24N4S/c1-11(10-13-8-5-9-19-13)18(2)14(17-15)16-12-6-3-4-7-12/h5,8-9,11-12H,3-4,6-7,10,15H2,1-2H3,(H,16,17). The van der Waals surface area contributed by atoms with E-state index in [1.807, 2.05) is 0 Å². The quantitative estimate of drug-likeness (QED) is 0.385. The Labute approximate surface area is 119 Å². The fourth-order valence-corrected chi connectivity index (χ4v) is 3.33. The van der Waals surface area contributed by atoms with Gasteiger partial charge >= 0.3 is 0 Å². The largest absolute Gasteiger partial charge is 0.342 e. The van der Waals surface area contributed by atoms with E-state index >= 15 is 0 Å². The van der Waals surface area contributed by atoms with E-state index in [1.165, 1.54) is 30.6 Å². The third-order valence-electron chi connectivity index (χ3n) is 3.83. The van der Waals surface area contributed by atoms with Crippen molar-refractivity contribution in [2.45, 2.75) is 51.1 Å². The van der Waals surface area contributed by atoms with Gasteiger partial charge in [-0.3, -0.25) is 5.43 Å². The van der Waals surface area contributed by atoms with Gasteiger partial charge in [-0.2, -0.15) is 0 Å². The molecule has 1 aliphatic carbocycles. The van der Waals surface area contributed by atoms with Gasteiger partial charge < -0.3 is 4.90 Å². The summed E-state index contributed by atoms with van der Waals surface area (Å²) in [6, 6.07) is 5.11. The third-order valence-corrected chi connectivity index (χ3v) is 4.73. The normalized spacial score (nSPS) is 18.6. The average Bonchev–Trinajstić information content (AvgIpc) is 3.08. The smallest absolute Gasteiger partial charge is 0.208 e. The molecule has 1 aromatic rings. The lowest BCUT2D eigenvalue weighted by Gasteiger charge is -2.28. The van der Waals surface area contributed by atoms with Crippen LogP contribution in [0.3, 0.4) is 0 Å². The molecule has 0 aliphatic heterocycles. The summed E-state index contributed by atoms with van der Waals surface area (Å²) in [4.78, 5) is 8.30. The second kappa shape index (κ2) is 6.91. The molecule has 1 heterocycles. The van der Waals surface area contributed by atoms with Crippen LogP contribution in [0.4, 0.5) is 0 Å². The first kappa shape index (κ1) is 14.3. The minimum absolute atomic E-state index is 0.384. The van der Waals surface area contributed by atoms with Crippen molar-refractivity contribution < 1.29 is 0 Å². The molecule has 0 aromatic carbocycles. The lowest BCUT2D eigenvalue weighted by Crippen LogP contribution is -2.47. The lowest BCUT2D eigenvalue weighted by atomic mass is 10.2. The number of thiophene rings is 1. The number of aliphatic imine (C=N–C) groups is 1. The Morgan fingerprint density at radius 1 is 1.58 bits per heavy atom. The van der Waals surface area contributed by atoms with Gasteiger partial charge in [0.1, 0.15) is 0 Å². The minimum atomic E-state index is 0.384. The molecule has 1 unspecified atom stereocenters. The van der Waals surface area contributed by atoms with Crippen molar-refractivity contribution >= 4 is 17.3 Å². The van der Waals surface area contributed by atoms with Crippen LogP contribution in [-0.4, -0.2) is 30.0 Å². The monoisotopic (exact) mass is 280 g/mol. The zero-order chi connectivity index (χ0) is 13.7. The van der Waals surface area contributed by atoms with Crippen LogP contribution in [-0.2, 0) is 6.42 Å². The van der Waals surface area contributed by atoms with Gasteiger partial charge in [-0.1, -0.05) is 18.9 Å². The molecule has 0 radical (unpaired) electrons. The second-order valence-corrected chi connectivity index (χ2v) is 6.31. The van der Waals surface area contributed by atoms with Crippen molar-refractivity contribution in [3.8, 4) is 0 Å². The van der Waals surface area contributed by atoms with Crippen molar-refractivity contribution in [2.75, 3.05) is 7.05 Å². The van der Waals surface area contributed by atoms with Crippen LogP contribution < -0.4 is 11.3 Å². The van der Waals surface area contributed by atoms with E-state index in [4.69, 9.17) is 10.8 Å². The molecule has 0 spiro atoms.